The molecule has 100 valence electrons. The lowest BCUT2D eigenvalue weighted by atomic mass is 10.1. The zero-order valence-electron chi connectivity index (χ0n) is 11.5. The van der Waals surface area contributed by atoms with Crippen LogP contribution in [-0.4, -0.2) is 16.1 Å². The largest absolute Gasteiger partial charge is 0.330 e. The van der Waals surface area contributed by atoms with Gasteiger partial charge < -0.3 is 9.88 Å². The summed E-state index contributed by atoms with van der Waals surface area (Å²) < 4.78 is 2.35. The molecule has 0 unspecified atom stereocenters. The third kappa shape index (κ3) is 2.56. The van der Waals surface area contributed by atoms with E-state index in [1.165, 1.54) is 23.2 Å². The van der Waals surface area contributed by atoms with Gasteiger partial charge in [-0.25, -0.2) is 4.98 Å². The number of benzene rings is 1. The van der Waals surface area contributed by atoms with Gasteiger partial charge in [-0.3, -0.25) is 0 Å². The Morgan fingerprint density at radius 1 is 1.26 bits per heavy atom. The highest BCUT2D eigenvalue weighted by molar-refractivity contribution is 5.33. The van der Waals surface area contributed by atoms with Gasteiger partial charge in [0.2, 0.25) is 0 Å². The number of imidazole rings is 1. The Hall–Kier alpha value is -1.61. The Bertz CT molecular complexity index is 519. The van der Waals surface area contributed by atoms with Gasteiger partial charge in [0.1, 0.15) is 0 Å². The average molecular weight is 255 g/mol. The van der Waals surface area contributed by atoms with E-state index >= 15 is 0 Å². The maximum atomic E-state index is 4.33. The summed E-state index contributed by atoms with van der Waals surface area (Å²) in [5.41, 5.74) is 4.29. The first-order chi connectivity index (χ1) is 9.38. The second kappa shape index (κ2) is 5.57. The molecule has 3 heteroatoms. The van der Waals surface area contributed by atoms with E-state index in [1.54, 1.807) is 0 Å². The topological polar surface area (TPSA) is 29.9 Å². The monoisotopic (exact) mass is 255 g/mol. The first-order valence-corrected chi connectivity index (χ1v) is 7.16. The van der Waals surface area contributed by atoms with Crippen molar-refractivity contribution in [1.29, 1.82) is 0 Å². The minimum absolute atomic E-state index is 0.540. The van der Waals surface area contributed by atoms with Gasteiger partial charge in [0.15, 0.2) is 0 Å². The molecule has 2 aromatic rings. The molecule has 0 radical (unpaired) electrons. The third-order valence-corrected chi connectivity index (χ3v) is 3.90. The smallest absolute Gasteiger partial charge is 0.0951 e. The second-order valence-electron chi connectivity index (χ2n) is 5.30. The van der Waals surface area contributed by atoms with Gasteiger partial charge in [0.05, 0.1) is 12.0 Å². The number of rotatable bonds is 5. The van der Waals surface area contributed by atoms with Crippen LogP contribution in [0.1, 0.15) is 36.2 Å². The summed E-state index contributed by atoms with van der Waals surface area (Å²) in [6.07, 6.45) is 7.41. The molecule has 3 nitrogen and oxygen atoms in total. The van der Waals surface area contributed by atoms with E-state index in [-0.39, 0.29) is 0 Å². The van der Waals surface area contributed by atoms with Crippen LogP contribution in [0.4, 0.5) is 0 Å². The summed E-state index contributed by atoms with van der Waals surface area (Å²) in [6, 6.07) is 9.32. The predicted octanol–water partition coefficient (Wildman–Crippen LogP) is 2.72. The van der Waals surface area contributed by atoms with Crippen LogP contribution in [0.5, 0.6) is 0 Å². The number of aromatic nitrogens is 2. The lowest BCUT2D eigenvalue weighted by Crippen LogP contribution is -2.19. The van der Waals surface area contributed by atoms with E-state index in [4.69, 9.17) is 0 Å². The molecule has 0 aliphatic heterocycles. The Labute approximate surface area is 114 Å². The van der Waals surface area contributed by atoms with E-state index in [0.29, 0.717) is 6.04 Å². The molecular formula is C16H21N3. The quantitative estimate of drug-likeness (QED) is 0.833. The summed E-state index contributed by atoms with van der Waals surface area (Å²) in [7, 11) is 0. The van der Waals surface area contributed by atoms with Crippen LogP contribution in [0.2, 0.25) is 0 Å². The molecule has 0 spiro atoms. The van der Waals surface area contributed by atoms with Gasteiger partial charge in [-0.15, -0.1) is 0 Å². The molecule has 1 aliphatic carbocycles. The Morgan fingerprint density at radius 3 is 2.68 bits per heavy atom. The molecular weight excluding hydrogens is 234 g/mol. The molecule has 0 amide bonds. The summed E-state index contributed by atoms with van der Waals surface area (Å²) in [5, 5.41) is 3.46. The van der Waals surface area contributed by atoms with Crippen molar-refractivity contribution >= 4 is 0 Å². The number of fused-ring (bicyclic) bond motifs is 1. The summed E-state index contributed by atoms with van der Waals surface area (Å²) >= 11 is 0. The summed E-state index contributed by atoms with van der Waals surface area (Å²) in [6.45, 7) is 4.18. The maximum absolute atomic E-state index is 4.33. The Morgan fingerprint density at radius 2 is 2.00 bits per heavy atom. The zero-order valence-corrected chi connectivity index (χ0v) is 11.5. The normalized spacial score (nSPS) is 14.8. The average Bonchev–Trinajstić information content (AvgIpc) is 3.04. The van der Waals surface area contributed by atoms with Gasteiger partial charge in [-0.05, 0) is 36.9 Å². The molecule has 1 N–H and O–H groups in total. The van der Waals surface area contributed by atoms with Crippen LogP contribution in [-0.2, 0) is 19.4 Å². The zero-order chi connectivity index (χ0) is 13.1. The fourth-order valence-corrected chi connectivity index (χ4v) is 2.92. The standard InChI is InChI=1S/C16H21N3/c1-2-7-17-10-16-11-18-12-19(16)15-8-13-5-3-4-6-14(13)9-15/h3-6,11-12,15,17H,2,7-10H2,1H3. The van der Waals surface area contributed by atoms with Crippen LogP contribution < -0.4 is 5.32 Å². The van der Waals surface area contributed by atoms with E-state index in [9.17, 15) is 0 Å². The van der Waals surface area contributed by atoms with Crippen molar-refractivity contribution < 1.29 is 0 Å². The van der Waals surface area contributed by atoms with E-state index < -0.39 is 0 Å². The maximum Gasteiger partial charge on any atom is 0.0951 e. The minimum atomic E-state index is 0.540. The van der Waals surface area contributed by atoms with Crippen molar-refractivity contribution in [3.63, 3.8) is 0 Å². The first-order valence-electron chi connectivity index (χ1n) is 7.16. The van der Waals surface area contributed by atoms with E-state index in [2.05, 4.69) is 46.1 Å². The van der Waals surface area contributed by atoms with Gasteiger partial charge in [-0.1, -0.05) is 31.2 Å². The van der Waals surface area contributed by atoms with Crippen molar-refractivity contribution in [2.45, 2.75) is 38.8 Å². The molecule has 1 heterocycles. The fourth-order valence-electron chi connectivity index (χ4n) is 2.92. The van der Waals surface area contributed by atoms with Crippen molar-refractivity contribution in [3.05, 3.63) is 53.6 Å². The van der Waals surface area contributed by atoms with Crippen LogP contribution in [0.25, 0.3) is 0 Å². The SMILES string of the molecule is CCCNCc1cncn1C1Cc2ccccc2C1. The third-order valence-electron chi connectivity index (χ3n) is 3.90. The minimum Gasteiger partial charge on any atom is -0.330 e. The Kier molecular flexibility index (Phi) is 3.65. The number of nitrogens with one attached hydrogen (secondary N) is 1. The molecule has 19 heavy (non-hydrogen) atoms. The molecule has 1 aliphatic rings. The fraction of sp³-hybridized carbons (Fsp3) is 0.438. The molecule has 0 saturated heterocycles. The van der Waals surface area contributed by atoms with Crippen molar-refractivity contribution in [3.8, 4) is 0 Å². The molecule has 1 aromatic carbocycles. The highest BCUT2D eigenvalue weighted by Crippen LogP contribution is 2.30. The van der Waals surface area contributed by atoms with Crippen molar-refractivity contribution in [2.24, 2.45) is 0 Å². The van der Waals surface area contributed by atoms with Crippen LogP contribution in [0.3, 0.4) is 0 Å². The number of hydrogen-bond acceptors (Lipinski definition) is 2. The van der Waals surface area contributed by atoms with Crippen LogP contribution in [0, 0.1) is 0 Å². The molecule has 1 aromatic heterocycles. The number of nitrogens with zero attached hydrogens (tertiary/aromatic N) is 2. The second-order valence-corrected chi connectivity index (χ2v) is 5.30. The van der Waals surface area contributed by atoms with Crippen molar-refractivity contribution in [2.75, 3.05) is 6.54 Å². The van der Waals surface area contributed by atoms with Crippen LogP contribution in [0.15, 0.2) is 36.8 Å². The van der Waals surface area contributed by atoms with Gasteiger partial charge in [0, 0.05) is 18.8 Å². The molecule has 0 fully saturated rings. The predicted molar refractivity (Wildman–Crippen MR) is 77.1 cm³/mol. The number of hydrogen-bond donors (Lipinski definition) is 1. The first kappa shape index (κ1) is 12.4. The van der Waals surface area contributed by atoms with Crippen LogP contribution >= 0.6 is 0 Å². The highest BCUT2D eigenvalue weighted by atomic mass is 15.1. The lowest BCUT2D eigenvalue weighted by Gasteiger charge is -2.15. The lowest BCUT2D eigenvalue weighted by molar-refractivity contribution is 0.498. The van der Waals surface area contributed by atoms with E-state index in [1.807, 2.05) is 12.5 Å². The van der Waals surface area contributed by atoms with Crippen molar-refractivity contribution in [1.82, 2.24) is 14.9 Å². The molecule has 3 rings (SSSR count). The summed E-state index contributed by atoms with van der Waals surface area (Å²) in [5.74, 6) is 0. The molecule has 0 saturated carbocycles. The molecule has 0 bridgehead atoms. The summed E-state index contributed by atoms with van der Waals surface area (Å²) in [4.78, 5) is 4.33. The highest BCUT2D eigenvalue weighted by Gasteiger charge is 2.23. The van der Waals surface area contributed by atoms with Gasteiger partial charge in [-0.2, -0.15) is 0 Å². The molecule has 0 atom stereocenters. The Balaban J connectivity index is 1.73. The van der Waals surface area contributed by atoms with E-state index in [0.717, 1.165) is 25.9 Å². The van der Waals surface area contributed by atoms with Gasteiger partial charge in [0.25, 0.3) is 0 Å². The van der Waals surface area contributed by atoms with Gasteiger partial charge >= 0.3 is 0 Å².